The number of nitrogens with zero attached hydrogens (tertiary/aromatic N) is 1. The summed E-state index contributed by atoms with van der Waals surface area (Å²) >= 11 is 0. The largest absolute Gasteiger partial charge is 0.315 e. The Morgan fingerprint density at radius 1 is 1.41 bits per heavy atom. The van der Waals surface area contributed by atoms with Crippen molar-refractivity contribution in [3.8, 4) is 0 Å². The van der Waals surface area contributed by atoms with Crippen molar-refractivity contribution in [2.45, 2.75) is 24.5 Å². The van der Waals surface area contributed by atoms with E-state index in [9.17, 15) is 8.42 Å². The van der Waals surface area contributed by atoms with Crippen LogP contribution in [0.3, 0.4) is 0 Å². The van der Waals surface area contributed by atoms with Crippen molar-refractivity contribution in [3.05, 3.63) is 0 Å². The van der Waals surface area contributed by atoms with Gasteiger partial charge in [0.15, 0.2) is 0 Å². The van der Waals surface area contributed by atoms with E-state index in [0.717, 1.165) is 32.5 Å². The number of hydrogen-bond donors (Lipinski definition) is 2. The van der Waals surface area contributed by atoms with Crippen LogP contribution in [-0.4, -0.2) is 58.3 Å². The maximum absolute atomic E-state index is 12.0. The molecule has 0 aromatic rings. The van der Waals surface area contributed by atoms with E-state index < -0.39 is 10.0 Å². The first kappa shape index (κ1) is 13.3. The molecule has 0 aliphatic carbocycles. The highest BCUT2D eigenvalue weighted by Gasteiger charge is 2.29. The van der Waals surface area contributed by atoms with Gasteiger partial charge in [0.2, 0.25) is 10.0 Å². The molecule has 0 amide bonds. The van der Waals surface area contributed by atoms with Gasteiger partial charge < -0.3 is 10.2 Å². The Morgan fingerprint density at radius 3 is 2.88 bits per heavy atom. The Morgan fingerprint density at radius 2 is 2.24 bits per heavy atom. The fraction of sp³-hybridized carbons (Fsp3) is 1.00. The van der Waals surface area contributed by atoms with Crippen molar-refractivity contribution in [2.24, 2.45) is 5.92 Å². The zero-order chi connectivity index (χ0) is 12.3. The molecule has 0 spiro atoms. The fourth-order valence-corrected chi connectivity index (χ4v) is 4.15. The standard InChI is InChI=1S/C11H23N3O2S/c1-14-6-2-3-10(9-14)7-13-17(15,16)11-4-5-12-8-11/h10-13H,2-9H2,1H3. The van der Waals surface area contributed by atoms with Crippen LogP contribution >= 0.6 is 0 Å². The van der Waals surface area contributed by atoms with E-state index in [4.69, 9.17) is 0 Å². The summed E-state index contributed by atoms with van der Waals surface area (Å²) < 4.78 is 26.8. The Kier molecular flexibility index (Phi) is 4.41. The van der Waals surface area contributed by atoms with E-state index in [1.807, 2.05) is 0 Å². The molecule has 0 radical (unpaired) electrons. The molecule has 2 saturated heterocycles. The second-order valence-corrected chi connectivity index (χ2v) is 7.32. The van der Waals surface area contributed by atoms with Crippen LogP contribution in [0.1, 0.15) is 19.3 Å². The van der Waals surface area contributed by atoms with Gasteiger partial charge in [-0.2, -0.15) is 0 Å². The van der Waals surface area contributed by atoms with Crippen LogP contribution in [0.4, 0.5) is 0 Å². The SMILES string of the molecule is CN1CCCC(CNS(=O)(=O)C2CCNC2)C1. The molecule has 100 valence electrons. The van der Waals surface area contributed by atoms with Gasteiger partial charge in [0.25, 0.3) is 0 Å². The van der Waals surface area contributed by atoms with E-state index in [-0.39, 0.29) is 5.25 Å². The van der Waals surface area contributed by atoms with Crippen molar-refractivity contribution < 1.29 is 8.42 Å². The maximum Gasteiger partial charge on any atom is 0.215 e. The number of hydrogen-bond acceptors (Lipinski definition) is 4. The van der Waals surface area contributed by atoms with E-state index in [0.29, 0.717) is 19.0 Å². The summed E-state index contributed by atoms with van der Waals surface area (Å²) in [6.07, 6.45) is 3.05. The molecular formula is C11H23N3O2S. The van der Waals surface area contributed by atoms with Crippen LogP contribution in [0.2, 0.25) is 0 Å². The Labute approximate surface area is 104 Å². The van der Waals surface area contributed by atoms with Crippen LogP contribution in [0.5, 0.6) is 0 Å². The molecule has 2 rings (SSSR count). The van der Waals surface area contributed by atoms with Gasteiger partial charge in [0.1, 0.15) is 0 Å². The molecule has 2 heterocycles. The number of sulfonamides is 1. The summed E-state index contributed by atoms with van der Waals surface area (Å²) in [6.45, 7) is 4.15. The molecule has 0 bridgehead atoms. The first-order valence-corrected chi connectivity index (χ1v) is 8.00. The summed E-state index contributed by atoms with van der Waals surface area (Å²) in [4.78, 5) is 2.28. The summed E-state index contributed by atoms with van der Waals surface area (Å²) in [5, 5.41) is 2.86. The minimum absolute atomic E-state index is 0.233. The predicted molar refractivity (Wildman–Crippen MR) is 68.4 cm³/mol. The molecule has 2 atom stereocenters. The summed E-state index contributed by atoms with van der Waals surface area (Å²) in [5.41, 5.74) is 0. The zero-order valence-electron chi connectivity index (χ0n) is 10.5. The summed E-state index contributed by atoms with van der Waals surface area (Å²) in [5.74, 6) is 0.470. The lowest BCUT2D eigenvalue weighted by molar-refractivity contribution is 0.211. The molecule has 5 nitrogen and oxygen atoms in total. The van der Waals surface area contributed by atoms with Crippen molar-refractivity contribution in [1.29, 1.82) is 0 Å². The second kappa shape index (κ2) is 5.65. The monoisotopic (exact) mass is 261 g/mol. The number of rotatable bonds is 4. The van der Waals surface area contributed by atoms with Gasteiger partial charge >= 0.3 is 0 Å². The van der Waals surface area contributed by atoms with Gasteiger partial charge in [-0.1, -0.05) is 0 Å². The fourth-order valence-electron chi connectivity index (χ4n) is 2.68. The van der Waals surface area contributed by atoms with Gasteiger partial charge in [-0.25, -0.2) is 13.1 Å². The molecule has 2 aliphatic heterocycles. The van der Waals surface area contributed by atoms with Crippen molar-refractivity contribution >= 4 is 10.0 Å². The Balaban J connectivity index is 1.80. The van der Waals surface area contributed by atoms with Gasteiger partial charge in [-0.3, -0.25) is 0 Å². The quantitative estimate of drug-likeness (QED) is 0.723. The lowest BCUT2D eigenvalue weighted by atomic mass is 9.99. The van der Waals surface area contributed by atoms with Gasteiger partial charge in [0.05, 0.1) is 5.25 Å². The minimum Gasteiger partial charge on any atom is -0.315 e. The van der Waals surface area contributed by atoms with Gasteiger partial charge in [0, 0.05) is 19.6 Å². The predicted octanol–water partition coefficient (Wildman–Crippen LogP) is -0.390. The molecule has 2 unspecified atom stereocenters. The molecule has 0 aromatic heterocycles. The minimum atomic E-state index is -3.11. The third kappa shape index (κ3) is 3.64. The molecule has 17 heavy (non-hydrogen) atoms. The maximum atomic E-state index is 12.0. The molecular weight excluding hydrogens is 238 g/mol. The van der Waals surface area contributed by atoms with Crippen LogP contribution < -0.4 is 10.0 Å². The van der Waals surface area contributed by atoms with Crippen LogP contribution in [0.25, 0.3) is 0 Å². The molecule has 2 fully saturated rings. The van der Waals surface area contributed by atoms with Gasteiger partial charge in [-0.15, -0.1) is 0 Å². The number of nitrogens with one attached hydrogen (secondary N) is 2. The first-order valence-electron chi connectivity index (χ1n) is 6.45. The molecule has 2 aliphatic rings. The van der Waals surface area contributed by atoms with Crippen molar-refractivity contribution in [1.82, 2.24) is 14.9 Å². The topological polar surface area (TPSA) is 61.4 Å². The normalized spacial score (nSPS) is 31.8. The summed E-state index contributed by atoms with van der Waals surface area (Å²) in [7, 11) is -1.01. The van der Waals surface area contributed by atoms with Crippen LogP contribution in [0, 0.1) is 5.92 Å². The third-order valence-corrected chi connectivity index (χ3v) is 5.60. The zero-order valence-corrected chi connectivity index (χ0v) is 11.3. The Hall–Kier alpha value is -0.170. The summed E-state index contributed by atoms with van der Waals surface area (Å²) in [6, 6.07) is 0. The van der Waals surface area contributed by atoms with Crippen molar-refractivity contribution in [3.63, 3.8) is 0 Å². The molecule has 2 N–H and O–H groups in total. The van der Waals surface area contributed by atoms with Crippen LogP contribution in [-0.2, 0) is 10.0 Å². The lowest BCUT2D eigenvalue weighted by Gasteiger charge is -2.29. The Bertz CT molecular complexity index is 339. The van der Waals surface area contributed by atoms with E-state index >= 15 is 0 Å². The highest BCUT2D eigenvalue weighted by atomic mass is 32.2. The number of piperidine rings is 1. The molecule has 0 aromatic carbocycles. The average Bonchev–Trinajstić information content (AvgIpc) is 2.81. The van der Waals surface area contributed by atoms with E-state index in [1.54, 1.807) is 0 Å². The molecule has 0 saturated carbocycles. The van der Waals surface area contributed by atoms with Crippen molar-refractivity contribution in [2.75, 3.05) is 39.8 Å². The molecule has 6 heteroatoms. The number of likely N-dealkylation sites (tertiary alicyclic amines) is 1. The van der Waals surface area contributed by atoms with E-state index in [2.05, 4.69) is 22.0 Å². The van der Waals surface area contributed by atoms with E-state index in [1.165, 1.54) is 6.42 Å². The third-order valence-electron chi connectivity index (χ3n) is 3.75. The highest BCUT2D eigenvalue weighted by molar-refractivity contribution is 7.90. The first-order chi connectivity index (χ1) is 8.08. The average molecular weight is 261 g/mol. The van der Waals surface area contributed by atoms with Gasteiger partial charge in [-0.05, 0) is 45.3 Å². The highest BCUT2D eigenvalue weighted by Crippen LogP contribution is 2.15. The smallest absolute Gasteiger partial charge is 0.215 e. The second-order valence-electron chi connectivity index (χ2n) is 5.28. The van der Waals surface area contributed by atoms with Crippen LogP contribution in [0.15, 0.2) is 0 Å². The lowest BCUT2D eigenvalue weighted by Crippen LogP contribution is -2.42.